The van der Waals surface area contributed by atoms with Gasteiger partial charge in [-0.15, -0.1) is 0 Å². The summed E-state index contributed by atoms with van der Waals surface area (Å²) in [6.07, 6.45) is 4.93. The largest absolute Gasteiger partial charge is 0.315 e. The van der Waals surface area contributed by atoms with Gasteiger partial charge < -0.3 is 4.57 Å². The van der Waals surface area contributed by atoms with E-state index in [0.717, 1.165) is 22.6 Å². The molecule has 0 saturated heterocycles. The number of rotatable bonds is 3. The van der Waals surface area contributed by atoms with Gasteiger partial charge in [0.15, 0.2) is 9.84 Å². The van der Waals surface area contributed by atoms with Gasteiger partial charge in [-0.2, -0.15) is 0 Å². The van der Waals surface area contributed by atoms with Crippen LogP contribution in [-0.4, -0.2) is 24.2 Å². The Labute approximate surface area is 130 Å². The molecule has 1 aromatic carbocycles. The zero-order valence-electron chi connectivity index (χ0n) is 12.4. The second-order valence-corrected chi connectivity index (χ2v) is 7.26. The summed E-state index contributed by atoms with van der Waals surface area (Å²) in [5.41, 5.74) is 3.90. The van der Waals surface area contributed by atoms with Crippen LogP contribution in [0.1, 0.15) is 5.56 Å². The van der Waals surface area contributed by atoms with Crippen LogP contribution in [0.3, 0.4) is 0 Å². The quantitative estimate of drug-likeness (QED) is 0.746. The fraction of sp³-hybridized carbons (Fsp3) is 0.118. The van der Waals surface area contributed by atoms with E-state index >= 15 is 0 Å². The van der Waals surface area contributed by atoms with Crippen molar-refractivity contribution >= 4 is 9.84 Å². The summed E-state index contributed by atoms with van der Waals surface area (Å²) in [6.45, 7) is 2.03. The molecule has 0 fully saturated rings. The van der Waals surface area contributed by atoms with Gasteiger partial charge in [0.2, 0.25) is 0 Å². The van der Waals surface area contributed by atoms with Crippen molar-refractivity contribution in [2.24, 2.45) is 0 Å². The molecule has 0 bridgehead atoms. The van der Waals surface area contributed by atoms with E-state index in [0.29, 0.717) is 4.90 Å². The highest BCUT2D eigenvalue weighted by atomic mass is 32.2. The molecule has 3 rings (SSSR count). The first-order valence-corrected chi connectivity index (χ1v) is 8.75. The molecule has 0 radical (unpaired) electrons. The molecule has 0 aliphatic carbocycles. The van der Waals surface area contributed by atoms with Gasteiger partial charge in [-0.1, -0.05) is 0 Å². The molecule has 0 unspecified atom stereocenters. The first-order valence-electron chi connectivity index (χ1n) is 6.86. The fourth-order valence-electron chi connectivity index (χ4n) is 2.34. The van der Waals surface area contributed by atoms with E-state index in [1.165, 1.54) is 6.26 Å². The third-order valence-corrected chi connectivity index (χ3v) is 4.60. The minimum Gasteiger partial charge on any atom is -0.315 e. The molecule has 0 aliphatic rings. The van der Waals surface area contributed by atoms with E-state index in [2.05, 4.69) is 4.98 Å². The molecule has 4 nitrogen and oxygen atoms in total. The smallest absolute Gasteiger partial charge is 0.175 e. The third kappa shape index (κ3) is 2.80. The Morgan fingerprint density at radius 1 is 1.05 bits per heavy atom. The number of hydrogen-bond donors (Lipinski definition) is 0. The molecule has 2 heterocycles. The van der Waals surface area contributed by atoms with Crippen molar-refractivity contribution in [2.45, 2.75) is 11.8 Å². The van der Waals surface area contributed by atoms with Crippen LogP contribution >= 0.6 is 0 Å². The lowest BCUT2D eigenvalue weighted by molar-refractivity contribution is 0.602. The SMILES string of the molecule is Cc1ccnc(-c2cccn2-c2ccc(S(C)(=O)=O)cc2)c1. The van der Waals surface area contributed by atoms with Gasteiger partial charge in [0.25, 0.3) is 0 Å². The van der Waals surface area contributed by atoms with Crippen LogP contribution in [0.4, 0.5) is 0 Å². The molecule has 0 aliphatic heterocycles. The Bertz CT molecular complexity index is 910. The van der Waals surface area contributed by atoms with Crippen LogP contribution in [-0.2, 0) is 9.84 Å². The lowest BCUT2D eigenvalue weighted by Gasteiger charge is -2.10. The standard InChI is InChI=1S/C17H16N2O2S/c1-13-9-10-18-16(12-13)17-4-3-11-19(17)14-5-7-15(8-6-14)22(2,20)21/h3-12H,1-2H3. The zero-order chi connectivity index (χ0) is 15.7. The summed E-state index contributed by atoms with van der Waals surface area (Å²) >= 11 is 0. The van der Waals surface area contributed by atoms with E-state index in [-0.39, 0.29) is 0 Å². The second-order valence-electron chi connectivity index (χ2n) is 5.25. The maximum atomic E-state index is 11.5. The van der Waals surface area contributed by atoms with Crippen molar-refractivity contribution in [2.75, 3.05) is 6.26 Å². The Balaban J connectivity index is 2.06. The molecule has 3 aromatic rings. The maximum absolute atomic E-state index is 11.5. The van der Waals surface area contributed by atoms with Crippen LogP contribution in [0.15, 0.2) is 65.8 Å². The minimum absolute atomic E-state index is 0.318. The molecular weight excluding hydrogens is 296 g/mol. The highest BCUT2D eigenvalue weighted by molar-refractivity contribution is 7.90. The number of sulfone groups is 1. The molecule has 2 aromatic heterocycles. The summed E-state index contributed by atoms with van der Waals surface area (Å²) in [4.78, 5) is 4.73. The number of pyridine rings is 1. The average molecular weight is 312 g/mol. The van der Waals surface area contributed by atoms with E-state index < -0.39 is 9.84 Å². The van der Waals surface area contributed by atoms with Crippen molar-refractivity contribution in [3.05, 3.63) is 66.5 Å². The maximum Gasteiger partial charge on any atom is 0.175 e. The summed E-state index contributed by atoms with van der Waals surface area (Å²) in [7, 11) is -3.18. The Morgan fingerprint density at radius 3 is 2.41 bits per heavy atom. The number of aromatic nitrogens is 2. The lowest BCUT2D eigenvalue weighted by atomic mass is 10.2. The highest BCUT2D eigenvalue weighted by Gasteiger charge is 2.10. The number of aryl methyl sites for hydroxylation is 1. The normalized spacial score (nSPS) is 11.5. The monoisotopic (exact) mass is 312 g/mol. The van der Waals surface area contributed by atoms with Crippen molar-refractivity contribution in [1.82, 2.24) is 9.55 Å². The van der Waals surface area contributed by atoms with Gasteiger partial charge in [0.1, 0.15) is 0 Å². The number of nitrogens with zero attached hydrogens (tertiary/aromatic N) is 2. The molecule has 5 heteroatoms. The number of hydrogen-bond acceptors (Lipinski definition) is 3. The van der Waals surface area contributed by atoms with Gasteiger partial charge in [0.05, 0.1) is 16.3 Å². The summed E-state index contributed by atoms with van der Waals surface area (Å²) < 4.78 is 25.1. The van der Waals surface area contributed by atoms with Crippen LogP contribution in [0, 0.1) is 6.92 Å². The zero-order valence-corrected chi connectivity index (χ0v) is 13.2. The average Bonchev–Trinajstić information content (AvgIpc) is 2.96. The van der Waals surface area contributed by atoms with E-state index in [4.69, 9.17) is 0 Å². The van der Waals surface area contributed by atoms with Crippen LogP contribution < -0.4 is 0 Å². The summed E-state index contributed by atoms with van der Waals surface area (Å²) in [5, 5.41) is 0. The second kappa shape index (κ2) is 5.42. The van der Waals surface area contributed by atoms with Gasteiger partial charge in [-0.3, -0.25) is 4.98 Å². The molecule has 22 heavy (non-hydrogen) atoms. The molecule has 112 valence electrons. The van der Waals surface area contributed by atoms with Gasteiger partial charge in [-0.05, 0) is 61.0 Å². The lowest BCUT2D eigenvalue weighted by Crippen LogP contribution is -1.99. The van der Waals surface area contributed by atoms with Crippen molar-refractivity contribution in [3.63, 3.8) is 0 Å². The molecule has 0 spiro atoms. The minimum atomic E-state index is -3.18. The summed E-state index contributed by atoms with van der Waals surface area (Å²) in [6, 6.07) is 14.8. The van der Waals surface area contributed by atoms with Gasteiger partial charge in [0, 0.05) is 24.3 Å². The Kier molecular flexibility index (Phi) is 3.58. The van der Waals surface area contributed by atoms with Gasteiger partial charge >= 0.3 is 0 Å². The van der Waals surface area contributed by atoms with Crippen molar-refractivity contribution < 1.29 is 8.42 Å². The van der Waals surface area contributed by atoms with E-state index in [9.17, 15) is 8.42 Å². The fourth-order valence-corrected chi connectivity index (χ4v) is 2.98. The van der Waals surface area contributed by atoms with Crippen LogP contribution in [0.25, 0.3) is 17.1 Å². The van der Waals surface area contributed by atoms with E-state index in [1.807, 2.05) is 42.0 Å². The molecular formula is C17H16N2O2S. The summed E-state index contributed by atoms with van der Waals surface area (Å²) in [5.74, 6) is 0. The predicted molar refractivity (Wildman–Crippen MR) is 86.8 cm³/mol. The number of benzene rings is 1. The Morgan fingerprint density at radius 2 is 1.77 bits per heavy atom. The van der Waals surface area contributed by atoms with Gasteiger partial charge in [-0.25, -0.2) is 8.42 Å². The first-order chi connectivity index (χ1) is 10.4. The highest BCUT2D eigenvalue weighted by Crippen LogP contribution is 2.23. The molecule has 0 atom stereocenters. The van der Waals surface area contributed by atoms with Crippen LogP contribution in [0.2, 0.25) is 0 Å². The predicted octanol–water partition coefficient (Wildman–Crippen LogP) is 3.25. The molecule has 0 saturated carbocycles. The van der Waals surface area contributed by atoms with Crippen molar-refractivity contribution in [1.29, 1.82) is 0 Å². The topological polar surface area (TPSA) is 52.0 Å². The first kappa shape index (κ1) is 14.5. The third-order valence-electron chi connectivity index (χ3n) is 3.47. The molecule has 0 N–H and O–H groups in total. The Hall–Kier alpha value is -2.40. The van der Waals surface area contributed by atoms with Crippen molar-refractivity contribution in [3.8, 4) is 17.1 Å². The van der Waals surface area contributed by atoms with E-state index in [1.54, 1.807) is 30.5 Å². The van der Waals surface area contributed by atoms with Crippen LogP contribution in [0.5, 0.6) is 0 Å². The molecule has 0 amide bonds.